The van der Waals surface area contributed by atoms with Crippen molar-refractivity contribution in [2.24, 2.45) is 0 Å². The number of carbonyl (C=O) groups excluding carboxylic acids is 1. The molecule has 0 aliphatic carbocycles. The minimum Gasteiger partial charge on any atom is -0.464 e. The first-order valence-electron chi connectivity index (χ1n) is 5.93. The zero-order valence-electron chi connectivity index (χ0n) is 10.7. The van der Waals surface area contributed by atoms with Crippen molar-refractivity contribution >= 4 is 33.2 Å². The lowest BCUT2D eigenvalue weighted by molar-refractivity contribution is 0.0594. The zero-order chi connectivity index (χ0) is 14.1. The van der Waals surface area contributed by atoms with Crippen LogP contribution in [-0.4, -0.2) is 27.8 Å². The van der Waals surface area contributed by atoms with E-state index in [1.54, 1.807) is 22.2 Å². The van der Waals surface area contributed by atoms with Crippen LogP contribution in [0.1, 0.15) is 15.5 Å². The third-order valence-corrected chi connectivity index (χ3v) is 3.83. The van der Waals surface area contributed by atoms with Crippen molar-refractivity contribution in [3.05, 3.63) is 41.2 Å². The summed E-state index contributed by atoms with van der Waals surface area (Å²) in [6.45, 7) is 0.473. The van der Waals surface area contributed by atoms with Crippen molar-refractivity contribution < 1.29 is 9.53 Å². The standard InChI is InChI=1S/C13H12N4O2S/c1-19-13(18)12-8(14)6-17(16-12)7-11-15-9-4-2-3-5-10(9)20-11/h2-6H,7,14H2,1H3. The molecule has 102 valence electrons. The van der Waals surface area contributed by atoms with Gasteiger partial charge in [0.1, 0.15) is 5.01 Å². The molecule has 6 nitrogen and oxygen atoms in total. The van der Waals surface area contributed by atoms with Crippen LogP contribution in [0.3, 0.4) is 0 Å². The quantitative estimate of drug-likeness (QED) is 0.744. The topological polar surface area (TPSA) is 83.0 Å². The van der Waals surface area contributed by atoms with Gasteiger partial charge < -0.3 is 10.5 Å². The van der Waals surface area contributed by atoms with E-state index in [-0.39, 0.29) is 5.69 Å². The molecule has 0 bridgehead atoms. The predicted molar refractivity (Wildman–Crippen MR) is 76.7 cm³/mol. The highest BCUT2D eigenvalue weighted by molar-refractivity contribution is 7.18. The van der Waals surface area contributed by atoms with Gasteiger partial charge in [0, 0.05) is 6.20 Å². The number of ether oxygens (including phenoxy) is 1. The Balaban J connectivity index is 1.89. The van der Waals surface area contributed by atoms with Gasteiger partial charge >= 0.3 is 5.97 Å². The van der Waals surface area contributed by atoms with Crippen LogP contribution < -0.4 is 5.73 Å². The number of fused-ring (bicyclic) bond motifs is 1. The summed E-state index contributed by atoms with van der Waals surface area (Å²) in [7, 11) is 1.30. The molecule has 0 radical (unpaired) electrons. The molecule has 0 saturated carbocycles. The number of methoxy groups -OCH3 is 1. The number of nitrogen functional groups attached to an aromatic ring is 1. The molecule has 3 aromatic rings. The second-order valence-corrected chi connectivity index (χ2v) is 5.31. The zero-order valence-corrected chi connectivity index (χ0v) is 11.6. The van der Waals surface area contributed by atoms with Crippen molar-refractivity contribution in [3.63, 3.8) is 0 Å². The fourth-order valence-corrected chi connectivity index (χ4v) is 2.86. The van der Waals surface area contributed by atoms with E-state index in [0.717, 1.165) is 15.2 Å². The highest BCUT2D eigenvalue weighted by Gasteiger charge is 2.15. The van der Waals surface area contributed by atoms with Gasteiger partial charge in [-0.2, -0.15) is 5.10 Å². The normalized spacial score (nSPS) is 10.8. The molecule has 0 aliphatic heterocycles. The average molecular weight is 288 g/mol. The van der Waals surface area contributed by atoms with Crippen molar-refractivity contribution in [1.29, 1.82) is 0 Å². The molecule has 2 aromatic heterocycles. The Hall–Kier alpha value is -2.41. The van der Waals surface area contributed by atoms with E-state index in [1.807, 2.05) is 24.3 Å². The summed E-state index contributed by atoms with van der Waals surface area (Å²) in [5, 5.41) is 5.04. The van der Waals surface area contributed by atoms with Crippen LogP contribution in [0.15, 0.2) is 30.5 Å². The van der Waals surface area contributed by atoms with Gasteiger partial charge in [0.2, 0.25) is 0 Å². The Morgan fingerprint density at radius 3 is 3.00 bits per heavy atom. The monoisotopic (exact) mass is 288 g/mol. The van der Waals surface area contributed by atoms with E-state index < -0.39 is 5.97 Å². The lowest BCUT2D eigenvalue weighted by Gasteiger charge is -1.96. The van der Waals surface area contributed by atoms with Gasteiger partial charge in [-0.25, -0.2) is 9.78 Å². The molecule has 0 unspecified atom stereocenters. The van der Waals surface area contributed by atoms with Gasteiger partial charge in [0.25, 0.3) is 0 Å². The van der Waals surface area contributed by atoms with E-state index in [4.69, 9.17) is 5.73 Å². The molecule has 0 fully saturated rings. The highest BCUT2D eigenvalue weighted by Crippen LogP contribution is 2.22. The maximum Gasteiger partial charge on any atom is 0.360 e. The maximum absolute atomic E-state index is 11.4. The summed E-state index contributed by atoms with van der Waals surface area (Å²) in [6.07, 6.45) is 1.61. The number of nitrogens with two attached hydrogens (primary N) is 1. The summed E-state index contributed by atoms with van der Waals surface area (Å²) in [5.41, 5.74) is 7.14. The Kier molecular flexibility index (Phi) is 3.11. The van der Waals surface area contributed by atoms with Gasteiger partial charge in [-0.3, -0.25) is 4.68 Å². The predicted octanol–water partition coefficient (Wildman–Crippen LogP) is 1.91. The third-order valence-electron chi connectivity index (χ3n) is 2.80. The SMILES string of the molecule is COC(=O)c1nn(Cc2nc3ccccc3s2)cc1N. The van der Waals surface area contributed by atoms with Crippen molar-refractivity contribution in [2.45, 2.75) is 6.54 Å². The Morgan fingerprint density at radius 1 is 1.45 bits per heavy atom. The van der Waals surface area contributed by atoms with Crippen LogP contribution in [0.25, 0.3) is 10.2 Å². The molecular weight excluding hydrogens is 276 g/mol. The lowest BCUT2D eigenvalue weighted by atomic mass is 10.3. The van der Waals surface area contributed by atoms with Crippen LogP contribution >= 0.6 is 11.3 Å². The minimum absolute atomic E-state index is 0.133. The maximum atomic E-state index is 11.4. The second-order valence-electron chi connectivity index (χ2n) is 4.20. The number of carbonyl (C=O) groups is 1. The second kappa shape index (κ2) is 4.93. The van der Waals surface area contributed by atoms with Crippen LogP contribution in [-0.2, 0) is 11.3 Å². The van der Waals surface area contributed by atoms with E-state index in [2.05, 4.69) is 14.8 Å². The van der Waals surface area contributed by atoms with Crippen molar-refractivity contribution in [3.8, 4) is 0 Å². The number of nitrogens with zero attached hydrogens (tertiary/aromatic N) is 3. The molecule has 0 spiro atoms. The van der Waals surface area contributed by atoms with Crippen LogP contribution in [0.2, 0.25) is 0 Å². The Morgan fingerprint density at radius 2 is 2.25 bits per heavy atom. The number of benzene rings is 1. The number of anilines is 1. The molecule has 0 amide bonds. The first-order chi connectivity index (χ1) is 9.67. The van der Waals surface area contributed by atoms with E-state index in [9.17, 15) is 4.79 Å². The number of aromatic nitrogens is 3. The molecule has 1 aromatic carbocycles. The third kappa shape index (κ3) is 2.23. The number of esters is 1. The molecule has 2 N–H and O–H groups in total. The largest absolute Gasteiger partial charge is 0.464 e. The average Bonchev–Trinajstić information content (AvgIpc) is 3.01. The first kappa shape index (κ1) is 12.6. The molecule has 0 aliphatic rings. The highest BCUT2D eigenvalue weighted by atomic mass is 32.1. The van der Waals surface area contributed by atoms with E-state index >= 15 is 0 Å². The molecule has 7 heteroatoms. The van der Waals surface area contributed by atoms with Gasteiger partial charge in [-0.1, -0.05) is 12.1 Å². The lowest BCUT2D eigenvalue weighted by Crippen LogP contribution is -2.06. The Labute approximate surface area is 118 Å². The number of para-hydroxylation sites is 1. The minimum atomic E-state index is -0.537. The van der Waals surface area contributed by atoms with Gasteiger partial charge in [0.05, 0.1) is 29.6 Å². The first-order valence-corrected chi connectivity index (χ1v) is 6.74. The van der Waals surface area contributed by atoms with Gasteiger partial charge in [-0.15, -0.1) is 11.3 Å². The van der Waals surface area contributed by atoms with E-state index in [0.29, 0.717) is 12.2 Å². The molecule has 0 atom stereocenters. The number of thiazole rings is 1. The molecule has 20 heavy (non-hydrogen) atoms. The van der Waals surface area contributed by atoms with Crippen LogP contribution in [0.4, 0.5) is 5.69 Å². The molecule has 2 heterocycles. The summed E-state index contributed by atoms with van der Waals surface area (Å²) in [5.74, 6) is -0.537. The smallest absolute Gasteiger partial charge is 0.360 e. The fourth-order valence-electron chi connectivity index (χ4n) is 1.90. The van der Waals surface area contributed by atoms with Crippen LogP contribution in [0, 0.1) is 0 Å². The summed E-state index contributed by atoms with van der Waals surface area (Å²) in [6, 6.07) is 7.92. The summed E-state index contributed by atoms with van der Waals surface area (Å²) in [4.78, 5) is 16.0. The Bertz CT molecular complexity index is 745. The molecule has 0 saturated heterocycles. The van der Waals surface area contributed by atoms with Gasteiger partial charge in [-0.05, 0) is 12.1 Å². The molecular formula is C13H12N4O2S. The number of hydrogen-bond acceptors (Lipinski definition) is 6. The molecule has 3 rings (SSSR count). The number of hydrogen-bond donors (Lipinski definition) is 1. The summed E-state index contributed by atoms with van der Waals surface area (Å²) < 4.78 is 7.34. The van der Waals surface area contributed by atoms with Crippen molar-refractivity contribution in [1.82, 2.24) is 14.8 Å². The summed E-state index contributed by atoms with van der Waals surface area (Å²) >= 11 is 1.59. The fraction of sp³-hybridized carbons (Fsp3) is 0.154. The number of rotatable bonds is 3. The van der Waals surface area contributed by atoms with Crippen molar-refractivity contribution in [2.75, 3.05) is 12.8 Å². The van der Waals surface area contributed by atoms with Crippen LogP contribution in [0.5, 0.6) is 0 Å². The van der Waals surface area contributed by atoms with E-state index in [1.165, 1.54) is 7.11 Å². The van der Waals surface area contributed by atoms with Gasteiger partial charge in [0.15, 0.2) is 5.69 Å².